The second-order valence-corrected chi connectivity index (χ2v) is 5.59. The molecule has 0 aliphatic heterocycles. The van der Waals surface area contributed by atoms with Crippen LogP contribution in [0, 0.1) is 13.8 Å². The predicted octanol–water partition coefficient (Wildman–Crippen LogP) is 1.11. The van der Waals surface area contributed by atoms with Gasteiger partial charge in [0.15, 0.2) is 4.96 Å². The van der Waals surface area contributed by atoms with Crippen molar-refractivity contribution in [1.82, 2.24) is 14.7 Å². The summed E-state index contributed by atoms with van der Waals surface area (Å²) in [6.45, 7) is 5.66. The summed E-state index contributed by atoms with van der Waals surface area (Å²) in [5.74, 6) is 0. The zero-order valence-electron chi connectivity index (χ0n) is 10.9. The number of hydrogen-bond acceptors (Lipinski definition) is 5. The molecule has 0 saturated heterocycles. The van der Waals surface area contributed by atoms with Gasteiger partial charge in [0.1, 0.15) is 0 Å². The van der Waals surface area contributed by atoms with E-state index in [-0.39, 0.29) is 0 Å². The van der Waals surface area contributed by atoms with Gasteiger partial charge in [0.2, 0.25) is 0 Å². The van der Waals surface area contributed by atoms with Crippen molar-refractivity contribution in [3.63, 3.8) is 0 Å². The molecule has 0 radical (unpaired) electrons. The van der Waals surface area contributed by atoms with E-state index in [1.165, 1.54) is 4.88 Å². The number of imidazole rings is 1. The summed E-state index contributed by atoms with van der Waals surface area (Å²) in [5.41, 5.74) is 2.19. The van der Waals surface area contributed by atoms with Crippen LogP contribution >= 0.6 is 11.3 Å². The minimum absolute atomic E-state index is 0.353. The normalized spacial score (nSPS) is 13.3. The number of aliphatic hydroxyl groups is 1. The van der Waals surface area contributed by atoms with Crippen LogP contribution in [0.3, 0.4) is 0 Å². The van der Waals surface area contributed by atoms with E-state index in [2.05, 4.69) is 27.8 Å². The summed E-state index contributed by atoms with van der Waals surface area (Å²) in [4.78, 5) is 6.80. The summed E-state index contributed by atoms with van der Waals surface area (Å²) in [6, 6.07) is 0. The Balaban J connectivity index is 2.00. The van der Waals surface area contributed by atoms with E-state index < -0.39 is 6.10 Å². The van der Waals surface area contributed by atoms with E-state index in [4.69, 9.17) is 4.74 Å². The van der Waals surface area contributed by atoms with Gasteiger partial charge >= 0.3 is 0 Å². The molecule has 2 N–H and O–H groups in total. The highest BCUT2D eigenvalue weighted by atomic mass is 32.1. The van der Waals surface area contributed by atoms with Gasteiger partial charge in [-0.25, -0.2) is 4.98 Å². The van der Waals surface area contributed by atoms with Crippen LogP contribution < -0.4 is 5.32 Å². The standard InChI is InChI=1S/C12H19N3O2S/c1-8-6-15-11(9(2)14-12(15)18-8)5-13-4-10(16)7-17-3/h6,10,13,16H,4-5,7H2,1-3H3. The van der Waals surface area contributed by atoms with Crippen molar-refractivity contribution in [3.8, 4) is 0 Å². The molecular weight excluding hydrogens is 250 g/mol. The summed E-state index contributed by atoms with van der Waals surface area (Å²) in [6.07, 6.45) is 1.63. The van der Waals surface area contributed by atoms with Crippen LogP contribution in [0.15, 0.2) is 6.20 Å². The summed E-state index contributed by atoms with van der Waals surface area (Å²) in [5, 5.41) is 12.8. The second kappa shape index (κ2) is 5.79. The first-order valence-corrected chi connectivity index (χ1v) is 6.75. The third-order valence-corrected chi connectivity index (χ3v) is 3.67. The summed E-state index contributed by atoms with van der Waals surface area (Å²) < 4.78 is 7.00. The number of fused-ring (bicyclic) bond motifs is 1. The summed E-state index contributed by atoms with van der Waals surface area (Å²) in [7, 11) is 1.59. The highest BCUT2D eigenvalue weighted by molar-refractivity contribution is 7.17. The fourth-order valence-electron chi connectivity index (χ4n) is 1.93. The lowest BCUT2D eigenvalue weighted by Crippen LogP contribution is -2.30. The molecular formula is C12H19N3O2S. The third-order valence-electron chi connectivity index (χ3n) is 2.77. The van der Waals surface area contributed by atoms with Gasteiger partial charge in [-0.1, -0.05) is 0 Å². The molecule has 0 bridgehead atoms. The maximum Gasteiger partial charge on any atom is 0.194 e. The number of aromatic nitrogens is 2. The molecule has 6 heteroatoms. The van der Waals surface area contributed by atoms with Gasteiger partial charge in [-0.2, -0.15) is 0 Å². The molecule has 1 unspecified atom stereocenters. The van der Waals surface area contributed by atoms with Crippen molar-refractivity contribution in [2.75, 3.05) is 20.3 Å². The molecule has 18 heavy (non-hydrogen) atoms. The van der Waals surface area contributed by atoms with E-state index in [0.717, 1.165) is 16.3 Å². The number of nitrogens with one attached hydrogen (secondary N) is 1. The van der Waals surface area contributed by atoms with Crippen LogP contribution in [-0.2, 0) is 11.3 Å². The van der Waals surface area contributed by atoms with E-state index >= 15 is 0 Å². The Morgan fingerprint density at radius 3 is 3.06 bits per heavy atom. The number of hydrogen-bond donors (Lipinski definition) is 2. The number of aliphatic hydroxyl groups excluding tert-OH is 1. The van der Waals surface area contributed by atoms with Crippen LogP contribution in [0.4, 0.5) is 0 Å². The quantitative estimate of drug-likeness (QED) is 0.825. The molecule has 0 aliphatic rings. The minimum Gasteiger partial charge on any atom is -0.389 e. The fourth-order valence-corrected chi connectivity index (χ4v) is 2.82. The number of nitrogens with zero attached hydrogens (tertiary/aromatic N) is 2. The Morgan fingerprint density at radius 1 is 1.56 bits per heavy atom. The summed E-state index contributed by atoms with van der Waals surface area (Å²) >= 11 is 1.69. The van der Waals surface area contributed by atoms with Gasteiger partial charge in [0.05, 0.1) is 24.1 Å². The number of thiazole rings is 1. The van der Waals surface area contributed by atoms with Crippen molar-refractivity contribution in [2.45, 2.75) is 26.5 Å². The molecule has 0 amide bonds. The molecule has 0 saturated carbocycles. The van der Waals surface area contributed by atoms with Crippen molar-refractivity contribution >= 4 is 16.3 Å². The number of aryl methyl sites for hydroxylation is 2. The Hall–Kier alpha value is -0.950. The Morgan fingerprint density at radius 2 is 2.33 bits per heavy atom. The Bertz CT molecular complexity index is 521. The largest absolute Gasteiger partial charge is 0.389 e. The first-order valence-electron chi connectivity index (χ1n) is 5.93. The minimum atomic E-state index is -0.470. The van der Waals surface area contributed by atoms with Gasteiger partial charge in [-0.05, 0) is 13.8 Å². The molecule has 2 rings (SSSR count). The lowest BCUT2D eigenvalue weighted by molar-refractivity contribution is 0.0643. The van der Waals surface area contributed by atoms with Crippen molar-refractivity contribution in [2.24, 2.45) is 0 Å². The molecule has 2 heterocycles. The van der Waals surface area contributed by atoms with Gasteiger partial charge in [-0.3, -0.25) is 4.40 Å². The average molecular weight is 269 g/mol. The average Bonchev–Trinajstić information content (AvgIpc) is 2.77. The Labute approximate surface area is 110 Å². The van der Waals surface area contributed by atoms with Crippen LogP contribution in [0.25, 0.3) is 4.96 Å². The number of rotatable bonds is 6. The molecule has 100 valence electrons. The van der Waals surface area contributed by atoms with Gasteiger partial charge < -0.3 is 15.2 Å². The molecule has 0 aliphatic carbocycles. The second-order valence-electron chi connectivity index (χ2n) is 4.38. The topological polar surface area (TPSA) is 58.8 Å². The van der Waals surface area contributed by atoms with Crippen molar-refractivity contribution in [1.29, 1.82) is 0 Å². The lowest BCUT2D eigenvalue weighted by atomic mass is 10.3. The molecule has 0 fully saturated rings. The molecule has 5 nitrogen and oxygen atoms in total. The van der Waals surface area contributed by atoms with E-state index in [0.29, 0.717) is 19.7 Å². The molecule has 2 aromatic rings. The first-order chi connectivity index (χ1) is 8.61. The van der Waals surface area contributed by atoms with E-state index in [1.807, 2.05) is 6.92 Å². The maximum atomic E-state index is 9.56. The smallest absolute Gasteiger partial charge is 0.194 e. The zero-order chi connectivity index (χ0) is 13.1. The third kappa shape index (κ3) is 2.89. The predicted molar refractivity (Wildman–Crippen MR) is 72.1 cm³/mol. The lowest BCUT2D eigenvalue weighted by Gasteiger charge is -2.10. The SMILES string of the molecule is COCC(O)CNCc1c(C)nc2sc(C)cn12. The molecule has 0 aromatic carbocycles. The number of methoxy groups -OCH3 is 1. The highest BCUT2D eigenvalue weighted by Gasteiger charge is 2.11. The van der Waals surface area contributed by atoms with Crippen LogP contribution in [0.5, 0.6) is 0 Å². The Kier molecular flexibility index (Phi) is 4.34. The van der Waals surface area contributed by atoms with Gasteiger partial charge in [0, 0.05) is 31.3 Å². The van der Waals surface area contributed by atoms with Crippen LogP contribution in [-0.4, -0.2) is 40.9 Å². The zero-order valence-corrected chi connectivity index (χ0v) is 11.8. The monoisotopic (exact) mass is 269 g/mol. The van der Waals surface area contributed by atoms with Crippen LogP contribution in [0.2, 0.25) is 0 Å². The van der Waals surface area contributed by atoms with E-state index in [9.17, 15) is 5.11 Å². The highest BCUT2D eigenvalue weighted by Crippen LogP contribution is 2.20. The van der Waals surface area contributed by atoms with Crippen LogP contribution in [0.1, 0.15) is 16.3 Å². The van der Waals surface area contributed by atoms with Crippen molar-refractivity contribution < 1.29 is 9.84 Å². The maximum absolute atomic E-state index is 9.56. The molecule has 0 spiro atoms. The van der Waals surface area contributed by atoms with E-state index in [1.54, 1.807) is 18.4 Å². The van der Waals surface area contributed by atoms with Crippen molar-refractivity contribution in [3.05, 3.63) is 22.5 Å². The molecule has 1 atom stereocenters. The van der Waals surface area contributed by atoms with Gasteiger partial charge in [-0.15, -0.1) is 11.3 Å². The first kappa shape index (κ1) is 13.5. The number of ether oxygens (including phenoxy) is 1. The van der Waals surface area contributed by atoms with Gasteiger partial charge in [0.25, 0.3) is 0 Å². The fraction of sp³-hybridized carbons (Fsp3) is 0.583. The molecule has 2 aromatic heterocycles.